The summed E-state index contributed by atoms with van der Waals surface area (Å²) in [5, 5.41) is 14.1. The van der Waals surface area contributed by atoms with Gasteiger partial charge in [0.2, 0.25) is 12.0 Å². The van der Waals surface area contributed by atoms with E-state index in [1.165, 1.54) is 70.6 Å². The van der Waals surface area contributed by atoms with E-state index >= 15 is 0 Å². The number of allylic oxidation sites excluding steroid dienone is 1. The summed E-state index contributed by atoms with van der Waals surface area (Å²) in [6.07, 6.45) is 19.8. The van der Waals surface area contributed by atoms with Crippen molar-refractivity contribution in [3.05, 3.63) is 12.0 Å². The zero-order chi connectivity index (χ0) is 24.5. The first-order valence-corrected chi connectivity index (χ1v) is 14.2. The van der Waals surface area contributed by atoms with Gasteiger partial charge in [-0.2, -0.15) is 8.42 Å². The Hall–Kier alpha value is -1.28. The smallest absolute Gasteiger partial charge is 0.307 e. The van der Waals surface area contributed by atoms with Crippen LogP contribution < -0.4 is 10.4 Å². The average Bonchev–Trinajstić information content (AvgIpc) is 2.66. The van der Waals surface area contributed by atoms with Crippen molar-refractivity contribution in [1.82, 2.24) is 5.32 Å². The van der Waals surface area contributed by atoms with Gasteiger partial charge in [0.25, 0.3) is 0 Å². The molecule has 190 valence electrons. The van der Waals surface area contributed by atoms with Crippen LogP contribution in [-0.2, 0) is 19.1 Å². The highest BCUT2D eigenvalue weighted by Gasteiger charge is 2.27. The molecule has 7 nitrogen and oxygen atoms in total. The van der Waals surface area contributed by atoms with E-state index in [1.54, 1.807) is 27.2 Å². The van der Waals surface area contributed by atoms with E-state index in [4.69, 9.17) is 4.18 Å². The molecule has 0 aromatic carbocycles. The Morgan fingerprint density at radius 3 is 1.62 bits per heavy atom. The lowest BCUT2D eigenvalue weighted by molar-refractivity contribution is -0.892. The van der Waals surface area contributed by atoms with Gasteiger partial charge in [0, 0.05) is 0 Å². The van der Waals surface area contributed by atoms with Crippen LogP contribution >= 0.6 is 0 Å². The molecule has 1 unspecified atom stereocenters. The molecule has 0 saturated heterocycles. The molecular weight excluding hydrogens is 428 g/mol. The van der Waals surface area contributed by atoms with Gasteiger partial charge in [0.15, 0.2) is 0 Å². The monoisotopic (exact) mass is 476 g/mol. The number of carboxylic acids is 1. The molecule has 0 heterocycles. The van der Waals surface area contributed by atoms with Crippen molar-refractivity contribution >= 4 is 16.1 Å². The van der Waals surface area contributed by atoms with Gasteiger partial charge in [-0.15, -0.1) is 0 Å². The molecule has 0 fully saturated rings. The summed E-state index contributed by atoms with van der Waals surface area (Å²) in [4.78, 5) is 11.4. The van der Waals surface area contributed by atoms with Crippen LogP contribution in [0.5, 0.6) is 0 Å². The molecule has 1 atom stereocenters. The highest BCUT2D eigenvalue weighted by Crippen LogP contribution is 2.14. The van der Waals surface area contributed by atoms with Gasteiger partial charge in [-0.1, -0.05) is 90.4 Å². The van der Waals surface area contributed by atoms with Gasteiger partial charge in [-0.25, -0.2) is 0 Å². The largest absolute Gasteiger partial charge is 0.542 e. The Balaban J connectivity index is 4.10. The number of carboxylic acid groups (broad SMARTS) is 1. The third-order valence-corrected chi connectivity index (χ3v) is 5.89. The van der Waals surface area contributed by atoms with Crippen LogP contribution in [-0.4, -0.2) is 52.4 Å². The number of rotatable bonds is 21. The van der Waals surface area contributed by atoms with Crippen molar-refractivity contribution in [2.45, 2.75) is 109 Å². The molecule has 0 radical (unpaired) electrons. The van der Waals surface area contributed by atoms with E-state index in [9.17, 15) is 18.3 Å². The molecule has 0 aliphatic carbocycles. The number of aliphatic carboxylic acids is 1. The zero-order valence-electron chi connectivity index (χ0n) is 21.2. The SMILES string of the molecule is CCCCCCCCCCCCCCCC/C=C(\NC(C(=O)[O-])[N+](C)(C)C)OS(C)(=O)=O. The topological polar surface area (TPSA) is 95.5 Å². The molecule has 0 bridgehead atoms. The van der Waals surface area contributed by atoms with Crippen molar-refractivity contribution in [2.75, 3.05) is 27.4 Å². The summed E-state index contributed by atoms with van der Waals surface area (Å²) >= 11 is 0. The van der Waals surface area contributed by atoms with Crippen molar-refractivity contribution in [2.24, 2.45) is 0 Å². The number of carbonyl (C=O) groups is 1. The normalized spacial score (nSPS) is 13.7. The fraction of sp³-hybridized carbons (Fsp3) is 0.875. The molecule has 1 N–H and O–H groups in total. The van der Waals surface area contributed by atoms with E-state index in [-0.39, 0.29) is 10.4 Å². The summed E-state index contributed by atoms with van der Waals surface area (Å²) in [6.45, 7) is 2.25. The van der Waals surface area contributed by atoms with Gasteiger partial charge in [-0.3, -0.25) is 0 Å². The van der Waals surface area contributed by atoms with Gasteiger partial charge >= 0.3 is 10.1 Å². The lowest BCUT2D eigenvalue weighted by Gasteiger charge is -2.35. The summed E-state index contributed by atoms with van der Waals surface area (Å²) in [5.74, 6) is -1.37. The van der Waals surface area contributed by atoms with E-state index in [0.29, 0.717) is 6.42 Å². The molecule has 0 rings (SSSR count). The molecule has 8 heteroatoms. The third kappa shape index (κ3) is 18.3. The standard InChI is InChI=1S/C24H48N2O5S/c1-6-7-8-9-10-11-12-13-14-15-16-17-18-19-20-21-22(31-32(5,29)30)25-23(24(27)28)26(2,3)4/h21,23,25H,6-20H2,1-5H3/b22-21+. The van der Waals surface area contributed by atoms with Crippen LogP contribution in [0, 0.1) is 0 Å². The summed E-state index contributed by atoms with van der Waals surface area (Å²) in [5.41, 5.74) is 0. The van der Waals surface area contributed by atoms with Gasteiger partial charge < -0.3 is 23.9 Å². The maximum atomic E-state index is 11.5. The van der Waals surface area contributed by atoms with Gasteiger partial charge in [0.1, 0.15) is 5.97 Å². The predicted octanol–water partition coefficient (Wildman–Crippen LogP) is 4.05. The summed E-state index contributed by atoms with van der Waals surface area (Å²) in [6, 6.07) is 0. The van der Waals surface area contributed by atoms with Crippen molar-refractivity contribution < 1.29 is 27.0 Å². The van der Waals surface area contributed by atoms with Gasteiger partial charge in [0.05, 0.1) is 27.4 Å². The molecule has 0 amide bonds. The van der Waals surface area contributed by atoms with E-state index in [2.05, 4.69) is 12.2 Å². The Kier molecular flexibility index (Phi) is 16.5. The fourth-order valence-corrected chi connectivity index (χ4v) is 4.00. The minimum Gasteiger partial charge on any atom is -0.542 e. The molecule has 0 aromatic heterocycles. The Labute approximate surface area is 197 Å². The zero-order valence-corrected chi connectivity index (χ0v) is 22.0. The van der Waals surface area contributed by atoms with Crippen LogP contribution in [0.15, 0.2) is 12.0 Å². The van der Waals surface area contributed by atoms with Crippen LogP contribution in [0.4, 0.5) is 0 Å². The van der Waals surface area contributed by atoms with Crippen molar-refractivity contribution in [1.29, 1.82) is 0 Å². The number of quaternary nitrogens is 1. The Morgan fingerprint density at radius 2 is 1.28 bits per heavy atom. The van der Waals surface area contributed by atoms with Crippen molar-refractivity contribution in [3.63, 3.8) is 0 Å². The number of carbonyl (C=O) groups excluding carboxylic acids is 1. The van der Waals surface area contributed by atoms with E-state index < -0.39 is 22.3 Å². The quantitative estimate of drug-likeness (QED) is 0.0883. The second kappa shape index (κ2) is 17.2. The van der Waals surface area contributed by atoms with Crippen LogP contribution in [0.25, 0.3) is 0 Å². The molecule has 32 heavy (non-hydrogen) atoms. The fourth-order valence-electron chi connectivity index (χ4n) is 3.56. The van der Waals surface area contributed by atoms with Crippen molar-refractivity contribution in [3.8, 4) is 0 Å². The van der Waals surface area contributed by atoms with Crippen LogP contribution in [0.3, 0.4) is 0 Å². The summed E-state index contributed by atoms with van der Waals surface area (Å²) in [7, 11) is 1.28. The second-order valence-corrected chi connectivity index (χ2v) is 11.3. The lowest BCUT2D eigenvalue weighted by Crippen LogP contribution is -2.61. The first-order chi connectivity index (χ1) is 15.0. The maximum Gasteiger partial charge on any atom is 0.307 e. The highest BCUT2D eigenvalue weighted by molar-refractivity contribution is 7.86. The minimum absolute atomic E-state index is 0.0195. The predicted molar refractivity (Wildman–Crippen MR) is 129 cm³/mol. The summed E-state index contributed by atoms with van der Waals surface area (Å²) < 4.78 is 28.0. The molecular formula is C24H48N2O5S. The molecule has 0 aromatic rings. The molecule has 0 spiro atoms. The first-order valence-electron chi connectivity index (χ1n) is 12.4. The first kappa shape index (κ1) is 30.7. The second-order valence-electron chi connectivity index (χ2n) is 9.72. The number of nitrogens with one attached hydrogen (secondary N) is 1. The average molecular weight is 477 g/mol. The highest BCUT2D eigenvalue weighted by atomic mass is 32.2. The minimum atomic E-state index is -3.76. The number of hydrogen-bond acceptors (Lipinski definition) is 6. The van der Waals surface area contributed by atoms with Crippen LogP contribution in [0.1, 0.15) is 103 Å². The lowest BCUT2D eigenvalue weighted by atomic mass is 10.0. The van der Waals surface area contributed by atoms with E-state index in [0.717, 1.165) is 25.5 Å². The van der Waals surface area contributed by atoms with E-state index in [1.807, 2.05) is 0 Å². The Bertz CT molecular complexity index is 627. The van der Waals surface area contributed by atoms with Gasteiger partial charge in [-0.05, 0) is 18.9 Å². The number of unbranched alkanes of at least 4 members (excludes halogenated alkanes) is 14. The molecule has 0 aliphatic heterocycles. The maximum absolute atomic E-state index is 11.5. The number of hydrogen-bond donors (Lipinski definition) is 1. The Morgan fingerprint density at radius 1 is 0.875 bits per heavy atom. The number of likely N-dealkylation sites (N-methyl/N-ethyl adjacent to an activating group) is 1. The molecule has 0 aliphatic rings. The number of nitrogens with zero attached hydrogens (tertiary/aromatic N) is 1. The molecule has 0 saturated carbocycles. The van der Waals surface area contributed by atoms with Crippen LogP contribution in [0.2, 0.25) is 0 Å². The third-order valence-electron chi connectivity index (χ3n) is 5.41.